The van der Waals surface area contributed by atoms with Crippen molar-refractivity contribution >= 4 is 11.8 Å². The van der Waals surface area contributed by atoms with E-state index in [-0.39, 0.29) is 11.9 Å². The van der Waals surface area contributed by atoms with Crippen LogP contribution in [0.25, 0.3) is 0 Å². The lowest BCUT2D eigenvalue weighted by atomic mass is 10.2. The highest BCUT2D eigenvalue weighted by molar-refractivity contribution is 7.99. The van der Waals surface area contributed by atoms with E-state index in [0.717, 1.165) is 18.1 Å². The number of nitrogens with zero attached hydrogens (tertiary/aromatic N) is 3. The van der Waals surface area contributed by atoms with Crippen LogP contribution < -0.4 is 0 Å². The Kier molecular flexibility index (Phi) is 4.36. The maximum absolute atomic E-state index is 12.2. The number of aliphatic hydroxyl groups excluding tert-OH is 1. The number of aromatic nitrogens is 2. The SMILES string of the molecule is CN1CCSCC1c1noc(CC(O)C(F)(F)F)n1. The van der Waals surface area contributed by atoms with Gasteiger partial charge in [-0.1, -0.05) is 5.16 Å². The van der Waals surface area contributed by atoms with Crippen LogP contribution in [0.4, 0.5) is 13.2 Å². The van der Waals surface area contributed by atoms with Crippen molar-refractivity contribution in [2.75, 3.05) is 25.1 Å². The van der Waals surface area contributed by atoms with Gasteiger partial charge in [-0.2, -0.15) is 29.9 Å². The molecule has 2 rings (SSSR count). The summed E-state index contributed by atoms with van der Waals surface area (Å²) in [4.78, 5) is 5.98. The van der Waals surface area contributed by atoms with Gasteiger partial charge < -0.3 is 9.63 Å². The minimum atomic E-state index is -4.67. The van der Waals surface area contributed by atoms with Gasteiger partial charge in [-0.15, -0.1) is 0 Å². The van der Waals surface area contributed by atoms with Crippen LogP contribution in [0.3, 0.4) is 0 Å². The molecule has 0 spiro atoms. The van der Waals surface area contributed by atoms with Gasteiger partial charge in [0.15, 0.2) is 11.9 Å². The molecule has 0 amide bonds. The molecular formula is C10H14F3N3O2S. The van der Waals surface area contributed by atoms with Crippen LogP contribution in [0.5, 0.6) is 0 Å². The molecule has 1 aromatic rings. The Morgan fingerprint density at radius 2 is 2.32 bits per heavy atom. The Morgan fingerprint density at radius 1 is 1.58 bits per heavy atom. The predicted octanol–water partition coefficient (Wildman–Crippen LogP) is 1.26. The molecule has 0 bridgehead atoms. The van der Waals surface area contributed by atoms with E-state index in [0.29, 0.717) is 5.82 Å². The molecular weight excluding hydrogens is 283 g/mol. The molecule has 0 radical (unpaired) electrons. The standard InChI is InChI=1S/C10H14F3N3O2S/c1-16-2-3-19-5-6(16)9-14-8(18-15-9)4-7(17)10(11,12)13/h6-7,17H,2-5H2,1H3. The van der Waals surface area contributed by atoms with Crippen molar-refractivity contribution in [1.29, 1.82) is 0 Å². The molecule has 1 saturated heterocycles. The quantitative estimate of drug-likeness (QED) is 0.906. The molecule has 2 unspecified atom stereocenters. The largest absolute Gasteiger partial charge is 0.414 e. The van der Waals surface area contributed by atoms with E-state index in [2.05, 4.69) is 10.1 Å². The first-order chi connectivity index (χ1) is 8.88. The second kappa shape index (κ2) is 5.68. The van der Waals surface area contributed by atoms with Crippen molar-refractivity contribution < 1.29 is 22.8 Å². The van der Waals surface area contributed by atoms with Gasteiger partial charge in [-0.05, 0) is 7.05 Å². The first-order valence-electron chi connectivity index (χ1n) is 5.73. The maximum atomic E-state index is 12.2. The van der Waals surface area contributed by atoms with E-state index in [9.17, 15) is 13.2 Å². The van der Waals surface area contributed by atoms with Gasteiger partial charge in [0.1, 0.15) is 0 Å². The van der Waals surface area contributed by atoms with Crippen molar-refractivity contribution in [3.8, 4) is 0 Å². The first kappa shape index (κ1) is 14.6. The van der Waals surface area contributed by atoms with Gasteiger partial charge >= 0.3 is 6.18 Å². The number of aliphatic hydroxyl groups is 1. The summed E-state index contributed by atoms with van der Waals surface area (Å²) in [5, 5.41) is 12.6. The van der Waals surface area contributed by atoms with Crippen molar-refractivity contribution in [3.05, 3.63) is 11.7 Å². The van der Waals surface area contributed by atoms with Crippen LogP contribution in [0.2, 0.25) is 0 Å². The van der Waals surface area contributed by atoms with Gasteiger partial charge in [0.25, 0.3) is 0 Å². The van der Waals surface area contributed by atoms with Gasteiger partial charge in [0.05, 0.1) is 12.5 Å². The van der Waals surface area contributed by atoms with Gasteiger partial charge in [0.2, 0.25) is 5.89 Å². The summed E-state index contributed by atoms with van der Waals surface area (Å²) in [7, 11) is 1.91. The summed E-state index contributed by atoms with van der Waals surface area (Å²) in [6.45, 7) is 0.865. The number of thioether (sulfide) groups is 1. The second-order valence-corrected chi connectivity index (χ2v) is 5.53. The minimum absolute atomic E-state index is 0.0562. The molecule has 1 aliphatic rings. The Bertz CT molecular complexity index is 426. The van der Waals surface area contributed by atoms with Gasteiger partial charge in [-0.3, -0.25) is 4.90 Å². The van der Waals surface area contributed by atoms with Crippen molar-refractivity contribution in [2.24, 2.45) is 0 Å². The van der Waals surface area contributed by atoms with Crippen molar-refractivity contribution in [2.45, 2.75) is 24.7 Å². The smallest absolute Gasteiger partial charge is 0.383 e. The Balaban J connectivity index is 2.02. The molecule has 5 nitrogen and oxygen atoms in total. The normalized spacial score (nSPS) is 23.5. The number of halogens is 3. The van der Waals surface area contributed by atoms with Crippen molar-refractivity contribution in [3.63, 3.8) is 0 Å². The zero-order chi connectivity index (χ0) is 14.0. The van der Waals surface area contributed by atoms with Crippen LogP contribution in [-0.2, 0) is 6.42 Å². The molecule has 2 heterocycles. The third kappa shape index (κ3) is 3.61. The third-order valence-corrected chi connectivity index (χ3v) is 3.95. The first-order valence-corrected chi connectivity index (χ1v) is 6.88. The molecule has 0 aromatic carbocycles. The molecule has 0 saturated carbocycles. The molecule has 1 aromatic heterocycles. The molecule has 1 fully saturated rings. The van der Waals surface area contributed by atoms with Crippen LogP contribution in [0.1, 0.15) is 17.8 Å². The molecule has 9 heteroatoms. The van der Waals surface area contributed by atoms with E-state index in [1.165, 1.54) is 0 Å². The summed E-state index contributed by atoms with van der Waals surface area (Å²) in [6.07, 6.45) is -7.86. The highest BCUT2D eigenvalue weighted by Gasteiger charge is 2.39. The van der Waals surface area contributed by atoms with E-state index in [4.69, 9.17) is 9.63 Å². The average molecular weight is 297 g/mol. The monoisotopic (exact) mass is 297 g/mol. The molecule has 1 aliphatic heterocycles. The fourth-order valence-electron chi connectivity index (χ4n) is 1.73. The third-order valence-electron chi connectivity index (χ3n) is 2.92. The fraction of sp³-hybridized carbons (Fsp3) is 0.800. The van der Waals surface area contributed by atoms with Gasteiger partial charge in [0, 0.05) is 18.1 Å². The molecule has 0 aliphatic carbocycles. The summed E-state index contributed by atoms with van der Waals surface area (Å²) in [6, 6.07) is -0.0562. The molecule has 1 N–H and O–H groups in total. The minimum Gasteiger partial charge on any atom is -0.383 e. The summed E-state index contributed by atoms with van der Waals surface area (Å²) in [5.41, 5.74) is 0. The van der Waals surface area contributed by atoms with Crippen LogP contribution >= 0.6 is 11.8 Å². The zero-order valence-electron chi connectivity index (χ0n) is 10.2. The van der Waals surface area contributed by atoms with Crippen LogP contribution in [0.15, 0.2) is 4.52 Å². The number of hydrogen-bond donors (Lipinski definition) is 1. The maximum Gasteiger partial charge on any atom is 0.414 e. The Hall–Kier alpha value is -0.800. The molecule has 2 atom stereocenters. The summed E-state index contributed by atoms with van der Waals surface area (Å²) < 4.78 is 41.4. The lowest BCUT2D eigenvalue weighted by molar-refractivity contribution is -0.204. The zero-order valence-corrected chi connectivity index (χ0v) is 11.0. The Labute approximate surface area is 112 Å². The van der Waals surface area contributed by atoms with Crippen molar-refractivity contribution in [1.82, 2.24) is 15.0 Å². The van der Waals surface area contributed by atoms with E-state index < -0.39 is 18.7 Å². The second-order valence-electron chi connectivity index (χ2n) is 4.38. The number of rotatable bonds is 3. The molecule has 108 valence electrons. The van der Waals surface area contributed by atoms with E-state index >= 15 is 0 Å². The van der Waals surface area contributed by atoms with Crippen LogP contribution in [0, 0.1) is 0 Å². The summed E-state index contributed by atoms with van der Waals surface area (Å²) >= 11 is 1.74. The van der Waals surface area contributed by atoms with E-state index in [1.807, 2.05) is 11.9 Å². The lowest BCUT2D eigenvalue weighted by Crippen LogP contribution is -2.33. The van der Waals surface area contributed by atoms with Crippen LogP contribution in [-0.4, -0.2) is 57.5 Å². The summed E-state index contributed by atoms with van der Waals surface area (Å²) in [5.74, 6) is 1.96. The number of alkyl halides is 3. The topological polar surface area (TPSA) is 62.4 Å². The number of hydrogen-bond acceptors (Lipinski definition) is 6. The Morgan fingerprint density at radius 3 is 2.95 bits per heavy atom. The average Bonchev–Trinajstić information content (AvgIpc) is 2.76. The van der Waals surface area contributed by atoms with Gasteiger partial charge in [-0.25, -0.2) is 0 Å². The highest BCUT2D eigenvalue weighted by Crippen LogP contribution is 2.27. The lowest BCUT2D eigenvalue weighted by Gasteiger charge is -2.29. The fourth-order valence-corrected chi connectivity index (χ4v) is 2.94. The predicted molar refractivity (Wildman–Crippen MR) is 62.8 cm³/mol. The highest BCUT2D eigenvalue weighted by atomic mass is 32.2. The molecule has 19 heavy (non-hydrogen) atoms. The van der Waals surface area contributed by atoms with E-state index in [1.54, 1.807) is 11.8 Å².